The summed E-state index contributed by atoms with van der Waals surface area (Å²) in [7, 11) is 0. The average molecular weight is 558 g/mol. The van der Waals surface area contributed by atoms with E-state index in [4.69, 9.17) is 16.0 Å². The molecule has 3 heterocycles. The van der Waals surface area contributed by atoms with Gasteiger partial charge < -0.3 is 9.32 Å². The second-order valence-corrected chi connectivity index (χ2v) is 10.2. The van der Waals surface area contributed by atoms with Crippen molar-refractivity contribution >= 4 is 62.4 Å². The normalized spacial score (nSPS) is 16.9. The minimum atomic E-state index is -0.495. The summed E-state index contributed by atoms with van der Waals surface area (Å²) in [6, 6.07) is 16.9. The van der Waals surface area contributed by atoms with Crippen LogP contribution in [0.25, 0.3) is 17.4 Å². The quantitative estimate of drug-likeness (QED) is 0.369. The van der Waals surface area contributed by atoms with Crippen LogP contribution in [-0.4, -0.2) is 39.9 Å². The van der Waals surface area contributed by atoms with Gasteiger partial charge in [-0.15, -0.1) is 0 Å². The molecule has 1 fully saturated rings. The third-order valence-electron chi connectivity index (χ3n) is 5.75. The van der Waals surface area contributed by atoms with E-state index < -0.39 is 11.1 Å². The lowest BCUT2D eigenvalue weighted by molar-refractivity contribution is -0.136. The van der Waals surface area contributed by atoms with Gasteiger partial charge in [0.15, 0.2) is 0 Å². The number of nitrogens with zero attached hydrogens (tertiary/aromatic N) is 2. The van der Waals surface area contributed by atoms with Crippen molar-refractivity contribution in [2.75, 3.05) is 13.1 Å². The van der Waals surface area contributed by atoms with Crippen LogP contribution in [0.4, 0.5) is 4.79 Å². The van der Waals surface area contributed by atoms with Gasteiger partial charge >= 0.3 is 0 Å². The molecule has 34 heavy (non-hydrogen) atoms. The maximum atomic E-state index is 12.9. The van der Waals surface area contributed by atoms with Crippen molar-refractivity contribution < 1.29 is 18.8 Å². The van der Waals surface area contributed by atoms with Gasteiger partial charge in [0.05, 0.1) is 9.93 Å². The Kier molecular flexibility index (Phi) is 6.38. The van der Waals surface area contributed by atoms with Gasteiger partial charge in [-0.1, -0.05) is 41.9 Å². The number of imide groups is 1. The van der Waals surface area contributed by atoms with Crippen LogP contribution >= 0.6 is 39.3 Å². The van der Waals surface area contributed by atoms with Crippen LogP contribution in [0.2, 0.25) is 5.02 Å². The lowest BCUT2D eigenvalue weighted by Gasteiger charge is -2.29. The highest BCUT2D eigenvalue weighted by atomic mass is 79.9. The van der Waals surface area contributed by atoms with Gasteiger partial charge in [0.25, 0.3) is 11.1 Å². The molecule has 0 radical (unpaired) electrons. The Morgan fingerprint density at radius 3 is 2.71 bits per heavy atom. The molecule has 2 aliphatic heterocycles. The summed E-state index contributed by atoms with van der Waals surface area (Å²) < 4.78 is 6.61. The van der Waals surface area contributed by atoms with E-state index in [2.05, 4.69) is 22.0 Å². The molecule has 172 valence electrons. The molecule has 2 aliphatic rings. The predicted molar refractivity (Wildman–Crippen MR) is 135 cm³/mol. The number of furan rings is 1. The Morgan fingerprint density at radius 2 is 1.91 bits per heavy atom. The number of benzene rings is 2. The summed E-state index contributed by atoms with van der Waals surface area (Å²) >= 11 is 10.3. The van der Waals surface area contributed by atoms with Gasteiger partial charge in [0, 0.05) is 29.2 Å². The van der Waals surface area contributed by atoms with Crippen LogP contribution in [0.1, 0.15) is 16.9 Å². The fourth-order valence-corrected chi connectivity index (χ4v) is 5.19. The molecule has 3 aromatic rings. The number of halogens is 2. The van der Waals surface area contributed by atoms with Crippen molar-refractivity contribution in [3.63, 3.8) is 0 Å². The molecule has 6 nitrogen and oxygen atoms in total. The lowest BCUT2D eigenvalue weighted by atomic mass is 10.00. The SMILES string of the molecule is O=C(CN1C(=O)S/C(=C\c2ccc(-c3ccc(Br)c(Cl)c3)o2)C1=O)N1CCc2ccccc2C1. The summed E-state index contributed by atoms with van der Waals surface area (Å²) in [5.74, 6) is 0.273. The number of hydrogen-bond donors (Lipinski definition) is 0. The van der Waals surface area contributed by atoms with E-state index in [1.165, 1.54) is 11.6 Å². The van der Waals surface area contributed by atoms with E-state index in [0.717, 1.165) is 38.7 Å². The zero-order chi connectivity index (χ0) is 23.8. The number of carbonyl (C=O) groups excluding carboxylic acids is 3. The fourth-order valence-electron chi connectivity index (χ4n) is 3.94. The monoisotopic (exact) mass is 556 g/mol. The van der Waals surface area contributed by atoms with Gasteiger partial charge in [-0.2, -0.15) is 0 Å². The topological polar surface area (TPSA) is 70.8 Å². The molecule has 0 aliphatic carbocycles. The van der Waals surface area contributed by atoms with Crippen LogP contribution in [-0.2, 0) is 22.6 Å². The number of fused-ring (bicyclic) bond motifs is 1. The van der Waals surface area contributed by atoms with Crippen LogP contribution in [0.5, 0.6) is 0 Å². The number of hydrogen-bond acceptors (Lipinski definition) is 5. The van der Waals surface area contributed by atoms with E-state index >= 15 is 0 Å². The molecule has 1 saturated heterocycles. The fraction of sp³-hybridized carbons (Fsp3) is 0.160. The maximum absolute atomic E-state index is 12.9. The van der Waals surface area contributed by atoms with Crippen LogP contribution in [0, 0.1) is 0 Å². The van der Waals surface area contributed by atoms with Crippen molar-refractivity contribution in [2.45, 2.75) is 13.0 Å². The molecule has 1 aromatic heterocycles. The second-order valence-electron chi connectivity index (χ2n) is 7.93. The minimum absolute atomic E-state index is 0.219. The third-order valence-corrected chi connectivity index (χ3v) is 7.89. The number of thioether (sulfide) groups is 1. The molecule has 0 bridgehead atoms. The third kappa shape index (κ3) is 4.58. The highest BCUT2D eigenvalue weighted by Crippen LogP contribution is 2.34. The van der Waals surface area contributed by atoms with Gasteiger partial charge in [0.1, 0.15) is 18.1 Å². The number of rotatable bonds is 4. The van der Waals surface area contributed by atoms with Gasteiger partial charge in [-0.3, -0.25) is 19.3 Å². The van der Waals surface area contributed by atoms with Crippen molar-refractivity contribution in [2.24, 2.45) is 0 Å². The van der Waals surface area contributed by atoms with Crippen molar-refractivity contribution in [3.05, 3.63) is 85.9 Å². The summed E-state index contributed by atoms with van der Waals surface area (Å²) in [5.41, 5.74) is 3.11. The first-order valence-corrected chi connectivity index (χ1v) is 12.5. The zero-order valence-electron chi connectivity index (χ0n) is 17.8. The van der Waals surface area contributed by atoms with Crippen LogP contribution in [0.3, 0.4) is 0 Å². The Morgan fingerprint density at radius 1 is 1.12 bits per heavy atom. The van der Waals surface area contributed by atoms with Gasteiger partial charge in [-0.25, -0.2) is 0 Å². The molecule has 2 aromatic carbocycles. The Bertz CT molecular complexity index is 1350. The summed E-state index contributed by atoms with van der Waals surface area (Å²) in [4.78, 5) is 41.1. The summed E-state index contributed by atoms with van der Waals surface area (Å²) in [6.45, 7) is 0.776. The van der Waals surface area contributed by atoms with Gasteiger partial charge in [0.2, 0.25) is 5.91 Å². The van der Waals surface area contributed by atoms with Crippen molar-refractivity contribution in [3.8, 4) is 11.3 Å². The maximum Gasteiger partial charge on any atom is 0.294 e. The first kappa shape index (κ1) is 23.0. The van der Waals surface area contributed by atoms with Crippen LogP contribution < -0.4 is 0 Å². The van der Waals surface area contributed by atoms with E-state index in [1.807, 2.05) is 30.3 Å². The second kappa shape index (κ2) is 9.44. The zero-order valence-corrected chi connectivity index (χ0v) is 21.0. The molecule has 0 N–H and O–H groups in total. The van der Waals surface area contributed by atoms with Crippen molar-refractivity contribution in [1.29, 1.82) is 0 Å². The first-order valence-electron chi connectivity index (χ1n) is 10.5. The largest absolute Gasteiger partial charge is 0.457 e. The molecule has 0 atom stereocenters. The number of carbonyl (C=O) groups is 3. The number of amides is 3. The molecule has 0 unspecified atom stereocenters. The van der Waals surface area contributed by atoms with Crippen molar-refractivity contribution in [1.82, 2.24) is 9.80 Å². The summed E-state index contributed by atoms with van der Waals surface area (Å²) in [5, 5.41) is 0.0897. The van der Waals surface area contributed by atoms with Gasteiger partial charge in [-0.05, 0) is 69.5 Å². The Balaban J connectivity index is 1.28. The molecule has 9 heteroatoms. The van der Waals surface area contributed by atoms with E-state index in [9.17, 15) is 14.4 Å². The highest BCUT2D eigenvalue weighted by Gasteiger charge is 2.37. The molecule has 3 amide bonds. The molecule has 5 rings (SSSR count). The smallest absolute Gasteiger partial charge is 0.294 e. The van der Waals surface area contributed by atoms with E-state index in [0.29, 0.717) is 29.6 Å². The minimum Gasteiger partial charge on any atom is -0.457 e. The van der Waals surface area contributed by atoms with E-state index in [-0.39, 0.29) is 17.4 Å². The standard InChI is InChI=1S/C25H18BrClN2O4S/c26-19-7-5-16(11-20(19)27)21-8-6-18(33-21)12-22-24(31)29(25(32)34-22)14-23(30)28-10-9-15-3-1-2-4-17(15)13-28/h1-8,11-12H,9-10,13-14H2/b22-12-. The molecular weight excluding hydrogens is 540 g/mol. The molecule has 0 saturated carbocycles. The summed E-state index contributed by atoms with van der Waals surface area (Å²) in [6.07, 6.45) is 2.28. The molecular formula is C25H18BrClN2O4S. The Hall–Kier alpha value is -2.81. The van der Waals surface area contributed by atoms with E-state index in [1.54, 1.807) is 23.1 Å². The van der Waals surface area contributed by atoms with Crippen LogP contribution in [0.15, 0.2) is 68.4 Å². The average Bonchev–Trinajstić information content (AvgIpc) is 3.40. The Labute approximate surface area is 213 Å². The molecule has 0 spiro atoms. The lowest BCUT2D eigenvalue weighted by Crippen LogP contribution is -2.44. The highest BCUT2D eigenvalue weighted by molar-refractivity contribution is 9.10. The first-order chi connectivity index (χ1) is 16.4. The predicted octanol–water partition coefficient (Wildman–Crippen LogP) is 5.98.